The SMILES string of the molecule is C=[C]([SnH])OCC.CC(O)c1ncc(O)cc1Cl.Oc1cnc(Br)c(Cl)c1.[H+]. The van der Waals surface area contributed by atoms with Crippen LogP contribution >= 0.6 is 39.1 Å². The van der Waals surface area contributed by atoms with Crippen LogP contribution in [-0.4, -0.2) is 54.4 Å². The molecule has 2 aromatic heterocycles. The summed E-state index contributed by atoms with van der Waals surface area (Å²) in [6.45, 7) is 7.87. The molecule has 2 heterocycles. The van der Waals surface area contributed by atoms with E-state index in [-0.39, 0.29) is 17.9 Å². The number of aliphatic hydroxyl groups excluding tert-OH is 1. The first kappa shape index (κ1) is 25.3. The van der Waals surface area contributed by atoms with Gasteiger partial charge in [-0.05, 0) is 22.9 Å². The third kappa shape index (κ3) is 11.1. The minimum Gasteiger partial charge on any atom is -0.506 e. The van der Waals surface area contributed by atoms with Gasteiger partial charge in [0, 0.05) is 12.1 Å². The molecule has 0 saturated carbocycles. The summed E-state index contributed by atoms with van der Waals surface area (Å²) in [5, 5.41) is 27.4. The summed E-state index contributed by atoms with van der Waals surface area (Å²) >= 11 is 15.3. The van der Waals surface area contributed by atoms with Gasteiger partial charge in [-0.15, -0.1) is 0 Å². The Bertz CT molecular complexity index is 727. The summed E-state index contributed by atoms with van der Waals surface area (Å²) in [5.41, 5.74) is 0.379. The van der Waals surface area contributed by atoms with E-state index >= 15 is 0 Å². The Kier molecular flexibility index (Phi) is 13.0. The second-order valence-corrected chi connectivity index (χ2v) is 8.01. The maximum atomic E-state index is 9.07. The summed E-state index contributed by atoms with van der Waals surface area (Å²) in [4.78, 5) is 7.46. The molecular formula is C16H20BrCl2N2O4Sn+. The summed E-state index contributed by atoms with van der Waals surface area (Å²) in [7, 11) is 0. The van der Waals surface area contributed by atoms with Gasteiger partial charge in [0.05, 0.1) is 34.2 Å². The molecule has 0 aliphatic heterocycles. The Hall–Kier alpha value is -0.741. The second-order valence-electron chi connectivity index (χ2n) is 4.60. The number of aromatic nitrogens is 2. The van der Waals surface area contributed by atoms with Crippen LogP contribution in [0.15, 0.2) is 39.5 Å². The molecule has 1 atom stereocenters. The number of halogens is 3. The monoisotopic (exact) mass is 573 g/mol. The van der Waals surface area contributed by atoms with Crippen LogP contribution < -0.4 is 0 Å². The first-order chi connectivity index (χ1) is 12.1. The van der Waals surface area contributed by atoms with Gasteiger partial charge >= 0.3 is 52.6 Å². The first-order valence-corrected chi connectivity index (χ1v) is 10.4. The molecular weight excluding hydrogens is 554 g/mol. The maximum absolute atomic E-state index is 9.07. The Labute approximate surface area is 185 Å². The van der Waals surface area contributed by atoms with Crippen molar-refractivity contribution in [1.29, 1.82) is 0 Å². The van der Waals surface area contributed by atoms with Crippen LogP contribution in [-0.2, 0) is 4.74 Å². The van der Waals surface area contributed by atoms with Crippen molar-refractivity contribution in [3.63, 3.8) is 0 Å². The van der Waals surface area contributed by atoms with E-state index in [9.17, 15) is 0 Å². The number of hydrogen-bond acceptors (Lipinski definition) is 6. The Balaban J connectivity index is 0. The minimum absolute atomic E-state index is 0. The molecule has 26 heavy (non-hydrogen) atoms. The van der Waals surface area contributed by atoms with Crippen molar-refractivity contribution in [2.24, 2.45) is 0 Å². The fraction of sp³-hybridized carbons (Fsp3) is 0.250. The smallest absolute Gasteiger partial charge is 0.506 e. The third-order valence-corrected chi connectivity index (χ3v) is 4.29. The van der Waals surface area contributed by atoms with Gasteiger partial charge < -0.3 is 15.3 Å². The van der Waals surface area contributed by atoms with Crippen LogP contribution in [0.5, 0.6) is 11.5 Å². The number of ether oxygens (including phenoxy) is 1. The summed E-state index contributed by atoms with van der Waals surface area (Å²) in [6.07, 6.45) is 1.85. The molecule has 2 radical (unpaired) electrons. The molecule has 0 fully saturated rings. The molecule has 2 aromatic rings. The molecule has 142 valence electrons. The Morgan fingerprint density at radius 3 is 2.08 bits per heavy atom. The number of hydrogen-bond donors (Lipinski definition) is 3. The van der Waals surface area contributed by atoms with Gasteiger partial charge in [0.15, 0.2) is 0 Å². The molecule has 6 nitrogen and oxygen atoms in total. The van der Waals surface area contributed by atoms with Crippen molar-refractivity contribution in [2.45, 2.75) is 20.0 Å². The topological polar surface area (TPSA) is 95.7 Å². The summed E-state index contributed by atoms with van der Waals surface area (Å²) in [6, 6.07) is 2.76. The predicted molar refractivity (Wildman–Crippen MR) is 109 cm³/mol. The summed E-state index contributed by atoms with van der Waals surface area (Å²) in [5.74, 6) is 0.0719. The molecule has 0 aliphatic rings. The third-order valence-electron chi connectivity index (χ3n) is 2.36. The number of nitrogens with zero attached hydrogens (tertiary/aromatic N) is 2. The van der Waals surface area contributed by atoms with E-state index in [2.05, 4.69) is 32.5 Å². The van der Waals surface area contributed by atoms with Crippen LogP contribution in [0, 0.1) is 0 Å². The van der Waals surface area contributed by atoms with E-state index in [4.69, 9.17) is 43.3 Å². The fourth-order valence-electron chi connectivity index (χ4n) is 1.34. The predicted octanol–water partition coefficient (Wildman–Crippen LogP) is 4.20. The molecule has 0 amide bonds. The van der Waals surface area contributed by atoms with E-state index in [1.54, 1.807) is 6.92 Å². The minimum atomic E-state index is -0.705. The number of rotatable bonds is 3. The molecule has 1 unspecified atom stereocenters. The molecule has 0 bridgehead atoms. The van der Waals surface area contributed by atoms with Gasteiger partial charge in [-0.1, -0.05) is 23.2 Å². The molecule has 10 heteroatoms. The van der Waals surface area contributed by atoms with Crippen LogP contribution in [0.4, 0.5) is 0 Å². The van der Waals surface area contributed by atoms with E-state index < -0.39 is 6.10 Å². The molecule has 0 spiro atoms. The Morgan fingerprint density at radius 1 is 1.27 bits per heavy atom. The molecule has 2 rings (SSSR count). The molecule has 3 N–H and O–H groups in total. The van der Waals surface area contributed by atoms with E-state index in [1.807, 2.05) is 6.92 Å². The van der Waals surface area contributed by atoms with E-state index in [1.165, 1.54) is 24.5 Å². The van der Waals surface area contributed by atoms with Crippen LogP contribution in [0.25, 0.3) is 0 Å². The van der Waals surface area contributed by atoms with Crippen molar-refractivity contribution in [3.8, 4) is 11.5 Å². The molecule has 0 aromatic carbocycles. The zero-order valence-corrected chi connectivity index (χ0v) is 20.6. The van der Waals surface area contributed by atoms with Gasteiger partial charge in [0.2, 0.25) is 0 Å². The average Bonchev–Trinajstić information content (AvgIpc) is 2.52. The average molecular weight is 574 g/mol. The molecule has 0 aliphatic carbocycles. The first-order valence-electron chi connectivity index (χ1n) is 7.18. The standard InChI is InChI=1S/C7H8ClNO2.C5H3BrClNO.C4H7O.Sn.H/c1-4(10)7-6(8)2-5(11)3-9-7;6-5-4(7)1-3(9)2-8-5;1-3-5-4-2;;/h2-4,10-11H,1H3;1-2,9H;1,4H2,2H3;;/p+1. The normalized spacial score (nSPS) is 10.6. The largest absolute Gasteiger partial charge is 1.00 e. The van der Waals surface area contributed by atoms with Gasteiger partial charge in [-0.2, -0.15) is 0 Å². The van der Waals surface area contributed by atoms with Gasteiger partial charge in [0.25, 0.3) is 0 Å². The van der Waals surface area contributed by atoms with Crippen molar-refractivity contribution < 1.29 is 21.5 Å². The summed E-state index contributed by atoms with van der Waals surface area (Å²) < 4.78 is 6.37. The maximum Gasteiger partial charge on any atom is 1.00 e. The van der Waals surface area contributed by atoms with E-state index in [0.717, 1.165) is 32.9 Å². The van der Waals surface area contributed by atoms with Crippen molar-refractivity contribution >= 4 is 61.7 Å². The Morgan fingerprint density at radius 2 is 1.77 bits per heavy atom. The fourth-order valence-corrected chi connectivity index (χ4v) is 2.51. The number of pyridine rings is 2. The van der Waals surface area contributed by atoms with Gasteiger partial charge in [-0.3, -0.25) is 4.98 Å². The zero-order chi connectivity index (χ0) is 20.3. The zero-order valence-electron chi connectivity index (χ0n) is 15.2. The van der Waals surface area contributed by atoms with Crippen LogP contribution in [0.3, 0.4) is 0 Å². The van der Waals surface area contributed by atoms with Crippen LogP contribution in [0.2, 0.25) is 10.0 Å². The van der Waals surface area contributed by atoms with Crippen LogP contribution in [0.1, 0.15) is 27.1 Å². The number of aliphatic hydroxyl groups is 1. The second kappa shape index (κ2) is 13.4. The van der Waals surface area contributed by atoms with Crippen molar-refractivity contribution in [1.82, 2.24) is 9.97 Å². The van der Waals surface area contributed by atoms with E-state index in [0.29, 0.717) is 15.3 Å². The van der Waals surface area contributed by atoms with Crippen molar-refractivity contribution in [2.75, 3.05) is 6.61 Å². The van der Waals surface area contributed by atoms with Gasteiger partial charge in [-0.25, -0.2) is 4.98 Å². The molecule has 0 saturated heterocycles. The number of aromatic hydroxyl groups is 2. The van der Waals surface area contributed by atoms with Crippen molar-refractivity contribution in [3.05, 3.63) is 55.2 Å². The quantitative estimate of drug-likeness (QED) is 0.289. The van der Waals surface area contributed by atoms with Gasteiger partial charge in [0.1, 0.15) is 16.1 Å².